The van der Waals surface area contributed by atoms with Crippen molar-refractivity contribution in [2.75, 3.05) is 6.54 Å². The summed E-state index contributed by atoms with van der Waals surface area (Å²) in [6.45, 7) is 6.00. The third-order valence-electron chi connectivity index (χ3n) is 5.54. The average molecular weight is 409 g/mol. The molecule has 4 heterocycles. The van der Waals surface area contributed by atoms with Gasteiger partial charge in [-0.1, -0.05) is 13.0 Å². The Morgan fingerprint density at radius 2 is 1.84 bits per heavy atom. The maximum absolute atomic E-state index is 4.55. The lowest BCUT2D eigenvalue weighted by molar-refractivity contribution is 0.721. The van der Waals surface area contributed by atoms with Gasteiger partial charge in [0.2, 0.25) is 0 Å². The van der Waals surface area contributed by atoms with E-state index in [-0.39, 0.29) is 0 Å². The average Bonchev–Trinajstić information content (AvgIpc) is 3.46. The van der Waals surface area contributed by atoms with Crippen LogP contribution < -0.4 is 5.32 Å². The Bertz CT molecular complexity index is 1330. The fourth-order valence-electron chi connectivity index (χ4n) is 3.78. The van der Waals surface area contributed by atoms with Gasteiger partial charge in [-0.2, -0.15) is 5.10 Å². The number of nitrogens with zero attached hydrogens (tertiary/aromatic N) is 4. The molecular weight excluding hydrogens is 386 g/mol. The Balaban J connectivity index is 1.55. The smallest absolute Gasteiger partial charge is 0.137 e. The molecule has 0 aliphatic carbocycles. The molecule has 0 aliphatic heterocycles. The second kappa shape index (κ2) is 8.12. The molecule has 0 radical (unpaired) electrons. The molecule has 0 atom stereocenters. The first-order chi connectivity index (χ1) is 15.2. The summed E-state index contributed by atoms with van der Waals surface area (Å²) in [7, 11) is 0. The summed E-state index contributed by atoms with van der Waals surface area (Å²) in [4.78, 5) is 16.5. The molecule has 5 rings (SSSR count). The molecule has 4 aromatic heterocycles. The minimum absolute atomic E-state index is 0.792. The molecule has 7 heteroatoms. The number of benzene rings is 1. The number of imidazole rings is 1. The molecule has 0 bridgehead atoms. The van der Waals surface area contributed by atoms with E-state index in [9.17, 15) is 0 Å². The molecule has 0 saturated heterocycles. The van der Waals surface area contributed by atoms with Crippen molar-refractivity contribution in [1.29, 1.82) is 0 Å². The van der Waals surface area contributed by atoms with Crippen molar-refractivity contribution in [3.05, 3.63) is 72.4 Å². The second-order valence-corrected chi connectivity index (χ2v) is 7.47. The second-order valence-electron chi connectivity index (χ2n) is 7.47. The van der Waals surface area contributed by atoms with Gasteiger partial charge in [-0.3, -0.25) is 15.1 Å². The van der Waals surface area contributed by atoms with E-state index in [4.69, 9.17) is 0 Å². The highest BCUT2D eigenvalue weighted by molar-refractivity contribution is 5.95. The number of aromatic amines is 2. The van der Waals surface area contributed by atoms with E-state index in [1.165, 1.54) is 11.1 Å². The predicted molar refractivity (Wildman–Crippen MR) is 122 cm³/mol. The van der Waals surface area contributed by atoms with Gasteiger partial charge in [0.05, 0.1) is 17.4 Å². The highest BCUT2D eigenvalue weighted by Crippen LogP contribution is 2.32. The Morgan fingerprint density at radius 3 is 2.68 bits per heavy atom. The van der Waals surface area contributed by atoms with Gasteiger partial charge in [-0.15, -0.1) is 0 Å². The van der Waals surface area contributed by atoms with Crippen LogP contribution >= 0.6 is 0 Å². The minimum Gasteiger partial charge on any atom is -0.337 e. The number of pyridine rings is 2. The first-order valence-corrected chi connectivity index (χ1v) is 10.3. The van der Waals surface area contributed by atoms with Crippen molar-refractivity contribution in [3.63, 3.8) is 0 Å². The maximum atomic E-state index is 4.55. The molecule has 0 fully saturated rings. The molecule has 5 aromatic rings. The molecule has 0 saturated carbocycles. The number of fused-ring (bicyclic) bond motifs is 1. The van der Waals surface area contributed by atoms with Gasteiger partial charge in [0.1, 0.15) is 11.5 Å². The van der Waals surface area contributed by atoms with E-state index in [0.717, 1.165) is 57.9 Å². The SMILES string of the molecule is CCNCc1cncc(-c2ccc3[nH]nc(-c4cnc(-c5ccncc5)[nH]4)c3c2)c1C. The summed E-state index contributed by atoms with van der Waals surface area (Å²) < 4.78 is 0. The van der Waals surface area contributed by atoms with Crippen LogP contribution in [0.4, 0.5) is 0 Å². The summed E-state index contributed by atoms with van der Waals surface area (Å²) >= 11 is 0. The van der Waals surface area contributed by atoms with E-state index in [1.54, 1.807) is 12.4 Å². The van der Waals surface area contributed by atoms with Crippen molar-refractivity contribution in [2.45, 2.75) is 20.4 Å². The first-order valence-electron chi connectivity index (χ1n) is 10.3. The third kappa shape index (κ3) is 3.60. The van der Waals surface area contributed by atoms with Crippen LogP contribution in [-0.4, -0.2) is 36.7 Å². The van der Waals surface area contributed by atoms with E-state index in [0.29, 0.717) is 0 Å². The lowest BCUT2D eigenvalue weighted by atomic mass is 9.97. The molecular formula is C24H23N7. The van der Waals surface area contributed by atoms with Gasteiger partial charge in [0, 0.05) is 47.8 Å². The number of aromatic nitrogens is 6. The molecule has 31 heavy (non-hydrogen) atoms. The van der Waals surface area contributed by atoms with Gasteiger partial charge in [0.15, 0.2) is 0 Å². The minimum atomic E-state index is 0.792. The molecule has 7 nitrogen and oxygen atoms in total. The summed E-state index contributed by atoms with van der Waals surface area (Å²) in [6.07, 6.45) is 9.21. The molecule has 1 aromatic carbocycles. The zero-order chi connectivity index (χ0) is 21.2. The fraction of sp³-hybridized carbons (Fsp3) is 0.167. The van der Waals surface area contributed by atoms with Gasteiger partial charge in [-0.05, 0) is 54.4 Å². The van der Waals surface area contributed by atoms with Gasteiger partial charge < -0.3 is 10.3 Å². The summed E-state index contributed by atoms with van der Waals surface area (Å²) in [5, 5.41) is 12.1. The van der Waals surface area contributed by atoms with Crippen LogP contribution in [0.1, 0.15) is 18.1 Å². The van der Waals surface area contributed by atoms with Crippen LogP contribution in [0.5, 0.6) is 0 Å². The Labute approximate surface area is 180 Å². The Morgan fingerprint density at radius 1 is 0.968 bits per heavy atom. The van der Waals surface area contributed by atoms with Crippen LogP contribution in [0.15, 0.2) is 61.3 Å². The van der Waals surface area contributed by atoms with Gasteiger partial charge >= 0.3 is 0 Å². The van der Waals surface area contributed by atoms with Gasteiger partial charge in [0.25, 0.3) is 0 Å². The lowest BCUT2D eigenvalue weighted by Crippen LogP contribution is -2.13. The van der Waals surface area contributed by atoms with E-state index in [1.807, 2.05) is 30.7 Å². The third-order valence-corrected chi connectivity index (χ3v) is 5.54. The normalized spacial score (nSPS) is 11.3. The van der Waals surface area contributed by atoms with Crippen LogP contribution in [-0.2, 0) is 6.54 Å². The van der Waals surface area contributed by atoms with Crippen LogP contribution in [0.2, 0.25) is 0 Å². The van der Waals surface area contributed by atoms with Crippen LogP contribution in [0.25, 0.3) is 44.8 Å². The van der Waals surface area contributed by atoms with E-state index >= 15 is 0 Å². The number of hydrogen-bond donors (Lipinski definition) is 3. The summed E-state index contributed by atoms with van der Waals surface area (Å²) in [6, 6.07) is 10.2. The number of H-pyrrole nitrogens is 2. The Hall–Kier alpha value is -3.84. The molecule has 0 spiro atoms. The van der Waals surface area contributed by atoms with Crippen LogP contribution in [0.3, 0.4) is 0 Å². The fourth-order valence-corrected chi connectivity index (χ4v) is 3.78. The highest BCUT2D eigenvalue weighted by Gasteiger charge is 2.14. The molecule has 0 unspecified atom stereocenters. The van der Waals surface area contributed by atoms with Crippen molar-refractivity contribution >= 4 is 10.9 Å². The largest absolute Gasteiger partial charge is 0.337 e. The monoisotopic (exact) mass is 409 g/mol. The summed E-state index contributed by atoms with van der Waals surface area (Å²) in [5.41, 5.74) is 8.38. The molecule has 0 aliphatic rings. The number of hydrogen-bond acceptors (Lipinski definition) is 5. The first kappa shape index (κ1) is 19.1. The van der Waals surface area contributed by atoms with Crippen molar-refractivity contribution in [2.24, 2.45) is 0 Å². The molecule has 154 valence electrons. The van der Waals surface area contributed by atoms with E-state index in [2.05, 4.69) is 67.5 Å². The van der Waals surface area contributed by atoms with Crippen molar-refractivity contribution < 1.29 is 0 Å². The van der Waals surface area contributed by atoms with Crippen LogP contribution in [0, 0.1) is 6.92 Å². The van der Waals surface area contributed by atoms with Gasteiger partial charge in [-0.25, -0.2) is 4.98 Å². The zero-order valence-electron chi connectivity index (χ0n) is 17.5. The molecule has 0 amide bonds. The van der Waals surface area contributed by atoms with E-state index < -0.39 is 0 Å². The molecule has 3 N–H and O–H groups in total. The topological polar surface area (TPSA) is 95.2 Å². The number of rotatable bonds is 6. The number of nitrogens with one attached hydrogen (secondary N) is 3. The lowest BCUT2D eigenvalue weighted by Gasteiger charge is -2.11. The highest BCUT2D eigenvalue weighted by atomic mass is 15.1. The van der Waals surface area contributed by atoms with Crippen molar-refractivity contribution in [1.82, 2.24) is 35.5 Å². The maximum Gasteiger partial charge on any atom is 0.137 e. The predicted octanol–water partition coefficient (Wildman–Crippen LogP) is 4.49. The van der Waals surface area contributed by atoms with Crippen molar-refractivity contribution in [3.8, 4) is 33.9 Å². The summed E-state index contributed by atoms with van der Waals surface area (Å²) in [5.74, 6) is 0.792. The standard InChI is InChI=1S/C24H23N7/c1-3-25-11-18-12-27-13-20(15(18)2)17-4-5-21-19(10-17)23(31-30-21)22-14-28-24(29-22)16-6-8-26-9-7-16/h4-10,12-14,25H,3,11H2,1-2H3,(H,28,29)(H,30,31). The quantitative estimate of drug-likeness (QED) is 0.384. The zero-order valence-corrected chi connectivity index (χ0v) is 17.5. The Kier molecular flexibility index (Phi) is 5.01.